The highest BCUT2D eigenvalue weighted by Crippen LogP contribution is 2.24. The number of rotatable bonds is 8. The molecule has 0 aliphatic rings. The van der Waals surface area contributed by atoms with Crippen LogP contribution in [0.4, 0.5) is 10.5 Å². The standard InChI is InChI=1S/C31H36N4O/c1-21(2)26-13-9-24(10-14-26)18-33-35(20-25-11-15-27(16-12-25)22(3)4)31(36)34-30-8-6-7-28-19-32-23(5)17-29(28)30/h6-17,19,21-22,33H,18,20H2,1-5H3,(H,34,36). The Kier molecular flexibility index (Phi) is 8.01. The maximum absolute atomic E-state index is 13.5. The summed E-state index contributed by atoms with van der Waals surface area (Å²) in [6.07, 6.45) is 1.84. The summed E-state index contributed by atoms with van der Waals surface area (Å²) in [7, 11) is 0. The first-order valence-electron chi connectivity index (χ1n) is 12.6. The van der Waals surface area contributed by atoms with Gasteiger partial charge in [0.1, 0.15) is 0 Å². The van der Waals surface area contributed by atoms with Gasteiger partial charge in [-0.1, -0.05) is 88.4 Å². The van der Waals surface area contributed by atoms with E-state index in [1.54, 1.807) is 5.01 Å². The maximum atomic E-state index is 13.5. The van der Waals surface area contributed by atoms with Crippen molar-refractivity contribution >= 4 is 22.5 Å². The number of benzene rings is 3. The minimum Gasteiger partial charge on any atom is -0.306 e. The Balaban J connectivity index is 1.55. The normalized spacial score (nSPS) is 11.3. The number of carbonyl (C=O) groups is 1. The molecule has 1 heterocycles. The second kappa shape index (κ2) is 11.4. The molecule has 4 aromatic rings. The van der Waals surface area contributed by atoms with Crippen LogP contribution in [0, 0.1) is 6.92 Å². The zero-order valence-corrected chi connectivity index (χ0v) is 21.9. The van der Waals surface area contributed by atoms with Gasteiger partial charge in [0, 0.05) is 29.2 Å². The van der Waals surface area contributed by atoms with Crippen LogP contribution in [0.15, 0.2) is 79.0 Å². The van der Waals surface area contributed by atoms with Crippen LogP contribution in [0.2, 0.25) is 0 Å². The van der Waals surface area contributed by atoms with Gasteiger partial charge in [-0.2, -0.15) is 0 Å². The number of carbonyl (C=O) groups excluding carboxylic acids is 1. The minimum absolute atomic E-state index is 0.205. The first-order chi connectivity index (χ1) is 17.3. The Labute approximate surface area is 214 Å². The number of hydrazine groups is 1. The summed E-state index contributed by atoms with van der Waals surface area (Å²) < 4.78 is 0. The van der Waals surface area contributed by atoms with Gasteiger partial charge < -0.3 is 5.32 Å². The van der Waals surface area contributed by atoms with E-state index in [1.807, 2.05) is 37.4 Å². The van der Waals surface area contributed by atoms with Gasteiger partial charge in [-0.3, -0.25) is 9.99 Å². The lowest BCUT2D eigenvalue weighted by Crippen LogP contribution is -2.44. The van der Waals surface area contributed by atoms with Gasteiger partial charge in [-0.05, 0) is 53.1 Å². The van der Waals surface area contributed by atoms with E-state index in [9.17, 15) is 4.79 Å². The summed E-state index contributed by atoms with van der Waals surface area (Å²) in [6, 6.07) is 24.7. The lowest BCUT2D eigenvalue weighted by molar-refractivity contribution is 0.177. The predicted molar refractivity (Wildman–Crippen MR) is 149 cm³/mol. The van der Waals surface area contributed by atoms with Gasteiger partial charge in [0.2, 0.25) is 0 Å². The molecule has 2 amide bonds. The fourth-order valence-electron chi connectivity index (χ4n) is 4.16. The molecule has 0 saturated heterocycles. The number of nitrogens with one attached hydrogen (secondary N) is 2. The number of hydrogen-bond donors (Lipinski definition) is 2. The van der Waals surface area contributed by atoms with Crippen LogP contribution < -0.4 is 10.7 Å². The number of aryl methyl sites for hydroxylation is 1. The molecule has 36 heavy (non-hydrogen) atoms. The molecule has 4 rings (SSSR count). The third-order valence-electron chi connectivity index (χ3n) is 6.49. The van der Waals surface area contributed by atoms with Crippen molar-refractivity contribution in [3.05, 3.63) is 107 Å². The van der Waals surface area contributed by atoms with Crippen molar-refractivity contribution in [1.82, 2.24) is 15.4 Å². The van der Waals surface area contributed by atoms with Crippen molar-refractivity contribution in [3.8, 4) is 0 Å². The van der Waals surface area contributed by atoms with Crippen LogP contribution in [0.3, 0.4) is 0 Å². The zero-order valence-electron chi connectivity index (χ0n) is 21.9. The summed E-state index contributed by atoms with van der Waals surface area (Å²) in [6.45, 7) is 11.7. The van der Waals surface area contributed by atoms with E-state index in [4.69, 9.17) is 0 Å². The predicted octanol–water partition coefficient (Wildman–Crippen LogP) is 7.53. The number of anilines is 1. The van der Waals surface area contributed by atoms with E-state index in [0.717, 1.165) is 33.3 Å². The molecular weight excluding hydrogens is 444 g/mol. The highest BCUT2D eigenvalue weighted by Gasteiger charge is 2.16. The Morgan fingerprint density at radius 1 is 0.861 bits per heavy atom. The molecule has 0 aliphatic heterocycles. The highest BCUT2D eigenvalue weighted by atomic mass is 16.2. The molecule has 0 radical (unpaired) electrons. The summed E-state index contributed by atoms with van der Waals surface area (Å²) in [4.78, 5) is 17.9. The SMILES string of the molecule is Cc1cc2c(NC(=O)N(Cc3ccc(C(C)C)cc3)NCc3ccc(C(C)C)cc3)cccc2cn1. The number of aromatic nitrogens is 1. The minimum atomic E-state index is -0.205. The number of nitrogens with zero attached hydrogens (tertiary/aromatic N) is 2. The van der Waals surface area contributed by atoms with Crippen molar-refractivity contribution < 1.29 is 4.79 Å². The van der Waals surface area contributed by atoms with Gasteiger partial charge >= 0.3 is 6.03 Å². The lowest BCUT2D eigenvalue weighted by atomic mass is 10.0. The quantitative estimate of drug-likeness (QED) is 0.256. The maximum Gasteiger partial charge on any atom is 0.336 e. The van der Waals surface area contributed by atoms with E-state index < -0.39 is 0 Å². The van der Waals surface area contributed by atoms with Crippen LogP contribution in [0.1, 0.15) is 67.5 Å². The van der Waals surface area contributed by atoms with E-state index >= 15 is 0 Å². The number of fused-ring (bicyclic) bond motifs is 1. The average Bonchev–Trinajstić information content (AvgIpc) is 2.87. The number of hydrogen-bond acceptors (Lipinski definition) is 3. The fourth-order valence-corrected chi connectivity index (χ4v) is 4.16. The molecule has 0 fully saturated rings. The molecule has 0 aliphatic carbocycles. The summed E-state index contributed by atoms with van der Waals surface area (Å²) in [5, 5.41) is 6.75. The zero-order chi connectivity index (χ0) is 25.7. The molecule has 0 unspecified atom stereocenters. The monoisotopic (exact) mass is 480 g/mol. The first-order valence-corrected chi connectivity index (χ1v) is 12.6. The molecule has 1 aromatic heterocycles. The molecule has 5 heteroatoms. The van der Waals surface area contributed by atoms with Crippen LogP contribution in [-0.4, -0.2) is 16.0 Å². The highest BCUT2D eigenvalue weighted by molar-refractivity contribution is 6.01. The smallest absolute Gasteiger partial charge is 0.306 e. The third-order valence-corrected chi connectivity index (χ3v) is 6.49. The van der Waals surface area contributed by atoms with Gasteiger partial charge in [0.25, 0.3) is 0 Å². The molecular formula is C31H36N4O. The average molecular weight is 481 g/mol. The van der Waals surface area contributed by atoms with Gasteiger partial charge in [0.15, 0.2) is 0 Å². The van der Waals surface area contributed by atoms with Gasteiger partial charge in [0.05, 0.1) is 12.2 Å². The Bertz CT molecular complexity index is 1310. The molecule has 5 nitrogen and oxygen atoms in total. The first kappa shape index (κ1) is 25.4. The summed E-state index contributed by atoms with van der Waals surface area (Å²) in [5.41, 5.74) is 9.82. The van der Waals surface area contributed by atoms with Gasteiger partial charge in [-0.25, -0.2) is 10.2 Å². The fraction of sp³-hybridized carbons (Fsp3) is 0.290. The third kappa shape index (κ3) is 6.29. The summed E-state index contributed by atoms with van der Waals surface area (Å²) >= 11 is 0. The second-order valence-corrected chi connectivity index (χ2v) is 10.00. The number of urea groups is 1. The van der Waals surface area contributed by atoms with Crippen LogP contribution >= 0.6 is 0 Å². The largest absolute Gasteiger partial charge is 0.336 e. The van der Waals surface area contributed by atoms with E-state index in [-0.39, 0.29) is 6.03 Å². The van der Waals surface area contributed by atoms with Gasteiger partial charge in [-0.15, -0.1) is 0 Å². The molecule has 3 aromatic carbocycles. The van der Waals surface area contributed by atoms with Crippen LogP contribution in [0.25, 0.3) is 10.8 Å². The Hall–Kier alpha value is -3.70. The van der Waals surface area contributed by atoms with Crippen molar-refractivity contribution in [1.29, 1.82) is 0 Å². The number of amides is 2. The second-order valence-electron chi connectivity index (χ2n) is 10.00. The number of pyridine rings is 1. The lowest BCUT2D eigenvalue weighted by Gasteiger charge is -2.25. The van der Waals surface area contributed by atoms with Crippen molar-refractivity contribution in [2.75, 3.05) is 5.32 Å². The molecule has 0 atom stereocenters. The Morgan fingerprint density at radius 2 is 1.47 bits per heavy atom. The summed E-state index contributed by atoms with van der Waals surface area (Å²) in [5.74, 6) is 0.956. The van der Waals surface area contributed by atoms with Crippen molar-refractivity contribution in [3.63, 3.8) is 0 Å². The van der Waals surface area contributed by atoms with E-state index in [2.05, 4.69) is 92.0 Å². The van der Waals surface area contributed by atoms with E-state index in [1.165, 1.54) is 11.1 Å². The molecule has 0 spiro atoms. The Morgan fingerprint density at radius 3 is 2.08 bits per heavy atom. The van der Waals surface area contributed by atoms with Crippen LogP contribution in [-0.2, 0) is 13.1 Å². The molecule has 0 saturated carbocycles. The van der Waals surface area contributed by atoms with E-state index in [0.29, 0.717) is 24.9 Å². The molecule has 0 bridgehead atoms. The topological polar surface area (TPSA) is 57.3 Å². The van der Waals surface area contributed by atoms with Crippen LogP contribution in [0.5, 0.6) is 0 Å². The molecule has 2 N–H and O–H groups in total. The van der Waals surface area contributed by atoms with Crippen molar-refractivity contribution in [2.24, 2.45) is 0 Å². The van der Waals surface area contributed by atoms with Crippen molar-refractivity contribution in [2.45, 2.75) is 59.5 Å². The molecule has 186 valence electrons.